The van der Waals surface area contributed by atoms with E-state index in [9.17, 15) is 4.79 Å². The summed E-state index contributed by atoms with van der Waals surface area (Å²) in [6.45, 7) is 6.11. The predicted octanol–water partition coefficient (Wildman–Crippen LogP) is 3.60. The summed E-state index contributed by atoms with van der Waals surface area (Å²) < 4.78 is 11.2. The van der Waals surface area contributed by atoms with Gasteiger partial charge >= 0.3 is 0 Å². The number of amides is 1. The number of fused-ring (bicyclic) bond motifs is 1. The van der Waals surface area contributed by atoms with Crippen LogP contribution < -0.4 is 20.5 Å². The van der Waals surface area contributed by atoms with Crippen molar-refractivity contribution in [2.75, 3.05) is 19.8 Å². The summed E-state index contributed by atoms with van der Waals surface area (Å²) in [4.78, 5) is 12.3. The standard InChI is InChI=1S/C19H30N2O3.ClH/c1-14(2)19(21-18(22)7-5-3-4-6-10-20)15-8-9-16-17(13-15)24-12-11-23-16;/h8-9,13-14,19H,3-7,10-12,20H2,1-2H3,(H,21,22);1H. The van der Waals surface area contributed by atoms with Gasteiger partial charge in [-0.3, -0.25) is 4.79 Å². The van der Waals surface area contributed by atoms with Crippen molar-refractivity contribution >= 4 is 18.3 Å². The molecule has 1 aromatic rings. The number of hydrogen-bond donors (Lipinski definition) is 2. The summed E-state index contributed by atoms with van der Waals surface area (Å²) >= 11 is 0. The number of nitrogens with two attached hydrogens (primary N) is 1. The average molecular weight is 371 g/mol. The average Bonchev–Trinajstić information content (AvgIpc) is 2.59. The number of hydrogen-bond acceptors (Lipinski definition) is 4. The lowest BCUT2D eigenvalue weighted by Gasteiger charge is -2.25. The molecule has 1 atom stereocenters. The molecule has 0 radical (unpaired) electrons. The van der Waals surface area contributed by atoms with E-state index in [-0.39, 0.29) is 24.4 Å². The first kappa shape index (κ1) is 21.6. The Hall–Kier alpha value is -1.46. The highest BCUT2D eigenvalue weighted by Gasteiger charge is 2.21. The molecule has 0 aromatic heterocycles. The Labute approximate surface area is 157 Å². The van der Waals surface area contributed by atoms with E-state index in [0.717, 1.165) is 49.3 Å². The van der Waals surface area contributed by atoms with Crippen molar-refractivity contribution in [3.05, 3.63) is 23.8 Å². The minimum atomic E-state index is -0.0163. The topological polar surface area (TPSA) is 73.6 Å². The molecule has 0 saturated carbocycles. The van der Waals surface area contributed by atoms with E-state index in [0.29, 0.717) is 25.6 Å². The summed E-state index contributed by atoms with van der Waals surface area (Å²) in [7, 11) is 0. The molecule has 6 heteroatoms. The van der Waals surface area contributed by atoms with Gasteiger partial charge in [0.25, 0.3) is 0 Å². The van der Waals surface area contributed by atoms with Crippen LogP contribution >= 0.6 is 12.4 Å². The molecule has 142 valence electrons. The molecule has 1 aliphatic rings. The number of rotatable bonds is 9. The summed E-state index contributed by atoms with van der Waals surface area (Å²) in [6.07, 6.45) is 4.67. The second kappa shape index (κ2) is 11.2. The Balaban J connectivity index is 0.00000312. The first-order valence-corrected chi connectivity index (χ1v) is 9.00. The molecule has 1 heterocycles. The molecule has 0 spiro atoms. The van der Waals surface area contributed by atoms with Gasteiger partial charge in [-0.15, -0.1) is 12.4 Å². The summed E-state index contributed by atoms with van der Waals surface area (Å²) in [5, 5.41) is 3.17. The molecule has 1 aliphatic heterocycles. The van der Waals surface area contributed by atoms with Gasteiger partial charge in [0.15, 0.2) is 11.5 Å². The Morgan fingerprint density at radius 3 is 2.48 bits per heavy atom. The van der Waals surface area contributed by atoms with E-state index in [1.54, 1.807) is 0 Å². The third-order valence-electron chi connectivity index (χ3n) is 4.27. The van der Waals surface area contributed by atoms with Gasteiger partial charge in [-0.2, -0.15) is 0 Å². The van der Waals surface area contributed by atoms with E-state index in [1.807, 2.05) is 18.2 Å². The second-order valence-corrected chi connectivity index (χ2v) is 6.65. The minimum absolute atomic E-state index is 0. The number of nitrogens with one attached hydrogen (secondary N) is 1. The first-order chi connectivity index (χ1) is 11.6. The lowest BCUT2D eigenvalue weighted by Crippen LogP contribution is -2.31. The van der Waals surface area contributed by atoms with Crippen molar-refractivity contribution < 1.29 is 14.3 Å². The number of carbonyl (C=O) groups excluding carboxylic acids is 1. The number of unbranched alkanes of at least 4 members (excludes halogenated alkanes) is 3. The molecular weight excluding hydrogens is 340 g/mol. The van der Waals surface area contributed by atoms with Gasteiger partial charge in [0.05, 0.1) is 6.04 Å². The van der Waals surface area contributed by atoms with Crippen LogP contribution in [0.3, 0.4) is 0 Å². The SMILES string of the molecule is CC(C)C(NC(=O)CCCCCCN)c1ccc2c(c1)OCCO2.Cl. The lowest BCUT2D eigenvalue weighted by atomic mass is 9.95. The highest BCUT2D eigenvalue weighted by atomic mass is 35.5. The molecule has 1 unspecified atom stereocenters. The summed E-state index contributed by atoms with van der Waals surface area (Å²) in [6, 6.07) is 5.91. The van der Waals surface area contributed by atoms with Crippen LogP contribution in [0.1, 0.15) is 57.6 Å². The molecule has 0 saturated heterocycles. The summed E-state index contributed by atoms with van der Waals surface area (Å²) in [5.41, 5.74) is 6.55. The van der Waals surface area contributed by atoms with Crippen molar-refractivity contribution in [2.45, 2.75) is 52.0 Å². The molecule has 2 rings (SSSR count). The smallest absolute Gasteiger partial charge is 0.220 e. The Morgan fingerprint density at radius 1 is 1.12 bits per heavy atom. The maximum atomic E-state index is 12.3. The Bertz CT molecular complexity index is 537. The molecular formula is C19H31ClN2O3. The van der Waals surface area contributed by atoms with Gasteiger partial charge in [0, 0.05) is 6.42 Å². The van der Waals surface area contributed by atoms with Crippen molar-refractivity contribution in [1.82, 2.24) is 5.32 Å². The number of carbonyl (C=O) groups is 1. The molecule has 25 heavy (non-hydrogen) atoms. The van der Waals surface area contributed by atoms with Crippen LogP contribution in [0.4, 0.5) is 0 Å². The van der Waals surface area contributed by atoms with Gasteiger partial charge in [-0.25, -0.2) is 0 Å². The third kappa shape index (κ3) is 6.75. The van der Waals surface area contributed by atoms with Gasteiger partial charge in [0.2, 0.25) is 5.91 Å². The van der Waals surface area contributed by atoms with Crippen LogP contribution in [0.15, 0.2) is 18.2 Å². The van der Waals surface area contributed by atoms with Crippen LogP contribution in [0.5, 0.6) is 11.5 Å². The zero-order valence-corrected chi connectivity index (χ0v) is 16.1. The molecule has 0 fully saturated rings. The quantitative estimate of drug-likeness (QED) is 0.651. The maximum absolute atomic E-state index is 12.3. The van der Waals surface area contributed by atoms with Crippen LogP contribution in [0.25, 0.3) is 0 Å². The van der Waals surface area contributed by atoms with Gasteiger partial charge in [-0.1, -0.05) is 32.8 Å². The first-order valence-electron chi connectivity index (χ1n) is 9.00. The fourth-order valence-electron chi connectivity index (χ4n) is 2.92. The molecule has 0 aliphatic carbocycles. The van der Waals surface area contributed by atoms with Crippen LogP contribution in [0, 0.1) is 5.92 Å². The van der Waals surface area contributed by atoms with E-state index in [4.69, 9.17) is 15.2 Å². The van der Waals surface area contributed by atoms with Crippen LogP contribution in [-0.4, -0.2) is 25.7 Å². The fraction of sp³-hybridized carbons (Fsp3) is 0.632. The lowest BCUT2D eigenvalue weighted by molar-refractivity contribution is -0.122. The van der Waals surface area contributed by atoms with Gasteiger partial charge < -0.3 is 20.5 Å². The van der Waals surface area contributed by atoms with Crippen molar-refractivity contribution in [2.24, 2.45) is 11.7 Å². The van der Waals surface area contributed by atoms with E-state index in [2.05, 4.69) is 19.2 Å². The molecule has 1 aromatic carbocycles. The molecule has 1 amide bonds. The maximum Gasteiger partial charge on any atom is 0.220 e. The van der Waals surface area contributed by atoms with Gasteiger partial charge in [-0.05, 0) is 43.0 Å². The Morgan fingerprint density at radius 2 is 1.80 bits per heavy atom. The van der Waals surface area contributed by atoms with Crippen molar-refractivity contribution in [3.63, 3.8) is 0 Å². The zero-order valence-electron chi connectivity index (χ0n) is 15.3. The van der Waals surface area contributed by atoms with E-state index in [1.165, 1.54) is 0 Å². The highest BCUT2D eigenvalue weighted by molar-refractivity contribution is 5.85. The highest BCUT2D eigenvalue weighted by Crippen LogP contribution is 2.34. The van der Waals surface area contributed by atoms with E-state index < -0.39 is 0 Å². The molecule has 3 N–H and O–H groups in total. The van der Waals surface area contributed by atoms with Crippen molar-refractivity contribution in [3.8, 4) is 11.5 Å². The predicted molar refractivity (Wildman–Crippen MR) is 103 cm³/mol. The third-order valence-corrected chi connectivity index (χ3v) is 4.27. The largest absolute Gasteiger partial charge is 0.486 e. The monoisotopic (exact) mass is 370 g/mol. The second-order valence-electron chi connectivity index (χ2n) is 6.65. The van der Waals surface area contributed by atoms with Crippen LogP contribution in [-0.2, 0) is 4.79 Å². The molecule has 0 bridgehead atoms. The zero-order chi connectivity index (χ0) is 17.4. The van der Waals surface area contributed by atoms with Gasteiger partial charge in [0.1, 0.15) is 13.2 Å². The number of ether oxygens (including phenoxy) is 2. The number of halogens is 1. The normalized spacial score (nSPS) is 13.9. The minimum Gasteiger partial charge on any atom is -0.486 e. The summed E-state index contributed by atoms with van der Waals surface area (Å²) in [5.74, 6) is 1.95. The Kier molecular flexibility index (Phi) is 9.68. The van der Waals surface area contributed by atoms with Crippen LogP contribution in [0.2, 0.25) is 0 Å². The fourth-order valence-corrected chi connectivity index (χ4v) is 2.92. The van der Waals surface area contributed by atoms with E-state index >= 15 is 0 Å². The number of benzene rings is 1. The van der Waals surface area contributed by atoms with Crippen molar-refractivity contribution in [1.29, 1.82) is 0 Å². The molecule has 5 nitrogen and oxygen atoms in total.